The molecule has 0 atom stereocenters. The van der Waals surface area contributed by atoms with Crippen LogP contribution in [-0.4, -0.2) is 0 Å². The maximum atomic E-state index is 5.57. The predicted octanol–water partition coefficient (Wildman–Crippen LogP) is 4.31. The molecule has 0 aliphatic carbocycles. The van der Waals surface area contributed by atoms with E-state index in [0.717, 1.165) is 5.76 Å². The zero-order valence-electron chi connectivity index (χ0n) is 9.13. The molecule has 0 spiro atoms. The van der Waals surface area contributed by atoms with E-state index in [2.05, 4.69) is 33.8 Å². The van der Waals surface area contributed by atoms with Crippen LogP contribution in [0.4, 0.5) is 0 Å². The van der Waals surface area contributed by atoms with Crippen molar-refractivity contribution in [2.45, 2.75) is 52.4 Å². The van der Waals surface area contributed by atoms with Crippen molar-refractivity contribution in [3.63, 3.8) is 0 Å². The minimum absolute atomic E-state index is 0.576. The first-order chi connectivity index (χ1) is 6.19. The molecule has 0 radical (unpaired) electrons. The summed E-state index contributed by atoms with van der Waals surface area (Å²) in [6.45, 7) is 8.82. The number of hydrogen-bond acceptors (Lipinski definition) is 1. The number of furan rings is 1. The summed E-state index contributed by atoms with van der Waals surface area (Å²) in [6.07, 6.45) is 4.24. The molecule has 0 aromatic carbocycles. The van der Waals surface area contributed by atoms with Crippen molar-refractivity contribution in [3.8, 4) is 0 Å². The minimum atomic E-state index is 0.576. The third-order valence-electron chi connectivity index (χ3n) is 2.69. The smallest absolute Gasteiger partial charge is 0.107 e. The molecule has 0 unspecified atom stereocenters. The zero-order valence-corrected chi connectivity index (χ0v) is 9.13. The highest BCUT2D eigenvalue weighted by atomic mass is 16.3. The Morgan fingerprint density at radius 2 is 1.85 bits per heavy atom. The molecule has 1 rings (SSSR count). The lowest BCUT2D eigenvalue weighted by Crippen LogP contribution is -1.92. The van der Waals surface area contributed by atoms with E-state index in [1.54, 1.807) is 0 Å². The third-order valence-corrected chi connectivity index (χ3v) is 2.69. The average molecular weight is 180 g/mol. The number of rotatable bonds is 4. The highest BCUT2D eigenvalue weighted by Crippen LogP contribution is 2.27. The summed E-state index contributed by atoms with van der Waals surface area (Å²) in [5.74, 6) is 2.34. The van der Waals surface area contributed by atoms with Crippen LogP contribution in [0.2, 0.25) is 0 Å². The fraction of sp³-hybridized carbons (Fsp3) is 0.667. The van der Waals surface area contributed by atoms with E-state index in [4.69, 9.17) is 4.42 Å². The van der Waals surface area contributed by atoms with Crippen molar-refractivity contribution < 1.29 is 4.42 Å². The van der Waals surface area contributed by atoms with Gasteiger partial charge in [-0.25, -0.2) is 0 Å². The van der Waals surface area contributed by atoms with Crippen LogP contribution in [0.15, 0.2) is 16.7 Å². The Hall–Kier alpha value is -0.720. The second kappa shape index (κ2) is 4.50. The third kappa shape index (κ3) is 2.36. The molecule has 13 heavy (non-hydrogen) atoms. The van der Waals surface area contributed by atoms with E-state index in [9.17, 15) is 0 Å². The SMILES string of the molecule is CCC(CC)c1cc(C(C)C)co1. The molecule has 1 aromatic heterocycles. The van der Waals surface area contributed by atoms with Gasteiger partial charge in [-0.2, -0.15) is 0 Å². The molecule has 1 heteroatoms. The van der Waals surface area contributed by atoms with Crippen LogP contribution in [0.1, 0.15) is 63.7 Å². The van der Waals surface area contributed by atoms with Gasteiger partial charge in [-0.1, -0.05) is 27.7 Å². The summed E-state index contributed by atoms with van der Waals surface area (Å²) in [5, 5.41) is 0. The molecule has 0 saturated heterocycles. The van der Waals surface area contributed by atoms with E-state index in [0.29, 0.717) is 11.8 Å². The first-order valence-corrected chi connectivity index (χ1v) is 5.27. The van der Waals surface area contributed by atoms with E-state index >= 15 is 0 Å². The van der Waals surface area contributed by atoms with Gasteiger partial charge in [0.25, 0.3) is 0 Å². The fourth-order valence-corrected chi connectivity index (χ4v) is 1.58. The van der Waals surface area contributed by atoms with Crippen molar-refractivity contribution >= 4 is 0 Å². The van der Waals surface area contributed by atoms with Crippen LogP contribution in [0.3, 0.4) is 0 Å². The summed E-state index contributed by atoms with van der Waals surface area (Å²) < 4.78 is 5.57. The predicted molar refractivity (Wildman–Crippen MR) is 56.1 cm³/mol. The number of hydrogen-bond donors (Lipinski definition) is 0. The molecule has 0 N–H and O–H groups in total. The van der Waals surface area contributed by atoms with Crippen LogP contribution in [0, 0.1) is 0 Å². The van der Waals surface area contributed by atoms with Gasteiger partial charge in [0.15, 0.2) is 0 Å². The van der Waals surface area contributed by atoms with Gasteiger partial charge in [-0.3, -0.25) is 0 Å². The Bertz CT molecular complexity index is 243. The van der Waals surface area contributed by atoms with Gasteiger partial charge < -0.3 is 4.42 Å². The Morgan fingerprint density at radius 3 is 2.23 bits per heavy atom. The van der Waals surface area contributed by atoms with E-state index < -0.39 is 0 Å². The second-order valence-electron chi connectivity index (χ2n) is 3.95. The minimum Gasteiger partial charge on any atom is -0.469 e. The molecular formula is C12H20O. The van der Waals surface area contributed by atoms with Gasteiger partial charge in [-0.05, 0) is 30.4 Å². The van der Waals surface area contributed by atoms with Crippen LogP contribution in [0.5, 0.6) is 0 Å². The normalized spacial score (nSPS) is 11.5. The summed E-state index contributed by atoms with van der Waals surface area (Å²) >= 11 is 0. The van der Waals surface area contributed by atoms with Gasteiger partial charge in [0.05, 0.1) is 6.26 Å². The van der Waals surface area contributed by atoms with Crippen LogP contribution in [-0.2, 0) is 0 Å². The maximum Gasteiger partial charge on any atom is 0.107 e. The quantitative estimate of drug-likeness (QED) is 0.673. The molecular weight excluding hydrogens is 160 g/mol. The highest BCUT2D eigenvalue weighted by molar-refractivity contribution is 5.18. The Labute approximate surface area is 81.1 Å². The van der Waals surface area contributed by atoms with Gasteiger partial charge in [0.1, 0.15) is 5.76 Å². The topological polar surface area (TPSA) is 13.1 Å². The molecule has 0 fully saturated rings. The van der Waals surface area contributed by atoms with Crippen molar-refractivity contribution in [3.05, 3.63) is 23.7 Å². The molecule has 0 saturated carbocycles. The second-order valence-corrected chi connectivity index (χ2v) is 3.95. The first kappa shape index (κ1) is 10.4. The monoisotopic (exact) mass is 180 g/mol. The molecule has 74 valence electrons. The average Bonchev–Trinajstić information content (AvgIpc) is 2.56. The molecule has 0 aliphatic heterocycles. The lowest BCUT2D eigenvalue weighted by Gasteiger charge is -2.07. The van der Waals surface area contributed by atoms with E-state index in [-0.39, 0.29) is 0 Å². The molecule has 1 nitrogen and oxygen atoms in total. The highest BCUT2D eigenvalue weighted by Gasteiger charge is 2.12. The van der Waals surface area contributed by atoms with Crippen molar-refractivity contribution in [1.29, 1.82) is 0 Å². The van der Waals surface area contributed by atoms with Gasteiger partial charge in [0, 0.05) is 5.92 Å². The largest absolute Gasteiger partial charge is 0.469 e. The van der Waals surface area contributed by atoms with Gasteiger partial charge >= 0.3 is 0 Å². The van der Waals surface area contributed by atoms with E-state index in [1.807, 2.05) is 6.26 Å². The first-order valence-electron chi connectivity index (χ1n) is 5.27. The van der Waals surface area contributed by atoms with Crippen LogP contribution in [0.25, 0.3) is 0 Å². The standard InChI is InChI=1S/C12H20O/c1-5-10(6-2)12-7-11(8-13-12)9(3)4/h7-10H,5-6H2,1-4H3. The molecule has 0 amide bonds. The molecule has 1 aromatic rings. The summed E-state index contributed by atoms with van der Waals surface area (Å²) in [4.78, 5) is 0. The lowest BCUT2D eigenvalue weighted by atomic mass is 9.98. The van der Waals surface area contributed by atoms with Crippen molar-refractivity contribution in [1.82, 2.24) is 0 Å². The summed E-state index contributed by atoms with van der Waals surface area (Å²) in [7, 11) is 0. The Morgan fingerprint density at radius 1 is 1.23 bits per heavy atom. The summed E-state index contributed by atoms with van der Waals surface area (Å²) in [5.41, 5.74) is 1.32. The molecule has 0 bridgehead atoms. The fourth-order valence-electron chi connectivity index (χ4n) is 1.58. The van der Waals surface area contributed by atoms with Crippen molar-refractivity contribution in [2.24, 2.45) is 0 Å². The van der Waals surface area contributed by atoms with Gasteiger partial charge in [0.2, 0.25) is 0 Å². The van der Waals surface area contributed by atoms with Gasteiger partial charge in [-0.15, -0.1) is 0 Å². The van der Waals surface area contributed by atoms with Crippen LogP contribution < -0.4 is 0 Å². The summed E-state index contributed by atoms with van der Waals surface area (Å²) in [6, 6.07) is 2.21. The Balaban J connectivity index is 2.78. The maximum absolute atomic E-state index is 5.57. The lowest BCUT2D eigenvalue weighted by molar-refractivity contribution is 0.446. The van der Waals surface area contributed by atoms with E-state index in [1.165, 1.54) is 18.4 Å². The molecule has 1 heterocycles. The van der Waals surface area contributed by atoms with Crippen molar-refractivity contribution in [2.75, 3.05) is 0 Å². The Kier molecular flexibility index (Phi) is 3.58. The zero-order chi connectivity index (χ0) is 9.84. The van der Waals surface area contributed by atoms with Crippen LogP contribution >= 0.6 is 0 Å². The molecule has 0 aliphatic rings.